The van der Waals surface area contributed by atoms with Crippen LogP contribution in [0.2, 0.25) is 0 Å². The number of hydrogen-bond acceptors (Lipinski definition) is 4. The monoisotopic (exact) mass is 710 g/mol. The van der Waals surface area contributed by atoms with Crippen molar-refractivity contribution in [1.82, 2.24) is 20.6 Å². The lowest BCUT2D eigenvalue weighted by molar-refractivity contribution is 0.0952. The Hall–Kier alpha value is -4.51. The summed E-state index contributed by atoms with van der Waals surface area (Å²) in [5, 5.41) is 17.7. The largest absolute Gasteiger partial charge is 0.390 e. The lowest BCUT2D eigenvalue weighted by Gasteiger charge is -2.13. The quantitative estimate of drug-likeness (QED) is 0.129. The van der Waals surface area contributed by atoms with Crippen LogP contribution in [0, 0.1) is 0 Å². The summed E-state index contributed by atoms with van der Waals surface area (Å²) in [6, 6.07) is 26.2. The first-order valence-corrected chi connectivity index (χ1v) is 15.4. The number of halogens is 2. The number of fused-ring (bicyclic) bond motifs is 4. The first-order valence-electron chi connectivity index (χ1n) is 13.8. The molecule has 8 nitrogen and oxygen atoms in total. The summed E-state index contributed by atoms with van der Waals surface area (Å²) in [6.07, 6.45) is 0.803. The lowest BCUT2D eigenvalue weighted by atomic mass is 9.96. The highest BCUT2D eigenvalue weighted by Crippen LogP contribution is 2.39. The first-order chi connectivity index (χ1) is 21.4. The molecule has 0 saturated heterocycles. The van der Waals surface area contributed by atoms with Crippen LogP contribution in [0.5, 0.6) is 0 Å². The number of para-hydroxylation sites is 2. The molecule has 218 valence electrons. The maximum Gasteiger partial charge on any atom is 0.252 e. The van der Waals surface area contributed by atoms with Gasteiger partial charge in [0.1, 0.15) is 0 Å². The van der Waals surface area contributed by atoms with E-state index in [0.717, 1.165) is 65.0 Å². The highest BCUT2D eigenvalue weighted by atomic mass is 79.9. The predicted molar refractivity (Wildman–Crippen MR) is 175 cm³/mol. The number of aromatic amines is 2. The number of benzene rings is 4. The van der Waals surface area contributed by atoms with Crippen LogP contribution in [0.25, 0.3) is 21.8 Å². The van der Waals surface area contributed by atoms with E-state index in [1.807, 2.05) is 78.9 Å². The van der Waals surface area contributed by atoms with Crippen LogP contribution in [0.15, 0.2) is 93.9 Å². The molecule has 8 rings (SSSR count). The fraction of sp³-hybridized carbons (Fsp3) is 0.0882. The van der Waals surface area contributed by atoms with Crippen LogP contribution >= 0.6 is 31.9 Å². The van der Waals surface area contributed by atoms with Gasteiger partial charge in [-0.2, -0.15) is 0 Å². The maximum absolute atomic E-state index is 12.2. The van der Waals surface area contributed by atoms with Crippen LogP contribution in [0.3, 0.4) is 0 Å². The Morgan fingerprint density at radius 1 is 0.682 bits per heavy atom. The zero-order valence-corrected chi connectivity index (χ0v) is 26.1. The van der Waals surface area contributed by atoms with E-state index in [2.05, 4.69) is 52.5 Å². The molecule has 0 bridgehead atoms. The summed E-state index contributed by atoms with van der Waals surface area (Å²) in [5.74, 6) is -0.198. The number of aliphatic hydroxyl groups excluding tert-OH is 1. The van der Waals surface area contributed by atoms with Crippen molar-refractivity contribution >= 4 is 71.8 Å². The Kier molecular flexibility index (Phi) is 7.20. The van der Waals surface area contributed by atoms with Crippen LogP contribution in [0.1, 0.15) is 71.2 Å². The third kappa shape index (κ3) is 4.66. The van der Waals surface area contributed by atoms with Crippen LogP contribution in [-0.2, 0) is 6.61 Å². The summed E-state index contributed by atoms with van der Waals surface area (Å²) in [6.45, 7) is -0.0975. The molecule has 2 aliphatic heterocycles. The molecule has 44 heavy (non-hydrogen) atoms. The molecule has 0 spiro atoms. The van der Waals surface area contributed by atoms with Gasteiger partial charge in [-0.15, -0.1) is 0 Å². The van der Waals surface area contributed by atoms with Gasteiger partial charge >= 0.3 is 0 Å². The number of aliphatic hydroxyl groups is 1. The van der Waals surface area contributed by atoms with Gasteiger partial charge in [-0.05, 0) is 59.7 Å². The second kappa shape index (κ2) is 11.2. The van der Waals surface area contributed by atoms with E-state index in [0.29, 0.717) is 16.8 Å². The number of aldehydes is 1. The highest BCUT2D eigenvalue weighted by molar-refractivity contribution is 9.10. The van der Waals surface area contributed by atoms with Gasteiger partial charge in [0.25, 0.3) is 11.8 Å². The van der Waals surface area contributed by atoms with Gasteiger partial charge in [-0.1, -0.05) is 68.3 Å². The molecule has 4 aromatic carbocycles. The SMILES string of the molecule is O=C1NC(c2c(CO)[nH]c3ccccc23)c2cc(Br)ccc21.O=Cc1[nH]c2ccccc2c1C1NC(=O)c2ccc(Br)cc21. The molecule has 2 aliphatic rings. The molecule has 2 unspecified atom stereocenters. The molecule has 6 aromatic rings. The molecular formula is C34H24Br2N4O4. The van der Waals surface area contributed by atoms with E-state index in [4.69, 9.17) is 0 Å². The van der Waals surface area contributed by atoms with Crippen molar-refractivity contribution in [3.8, 4) is 0 Å². The molecule has 0 aliphatic carbocycles. The number of carbonyl (C=O) groups excluding carboxylic acids is 3. The fourth-order valence-corrected chi connectivity index (χ4v) is 7.01. The van der Waals surface area contributed by atoms with Crippen LogP contribution in [0.4, 0.5) is 0 Å². The average molecular weight is 712 g/mol. The minimum Gasteiger partial charge on any atom is -0.390 e. The molecular weight excluding hydrogens is 688 g/mol. The predicted octanol–water partition coefficient (Wildman–Crippen LogP) is 6.83. The minimum atomic E-state index is -0.323. The Balaban J connectivity index is 0.000000142. The van der Waals surface area contributed by atoms with E-state index < -0.39 is 0 Å². The number of rotatable bonds is 4. The molecule has 4 heterocycles. The Bertz CT molecular complexity index is 2130. The smallest absolute Gasteiger partial charge is 0.252 e. The second-order valence-electron chi connectivity index (χ2n) is 10.6. The Morgan fingerprint density at radius 2 is 1.18 bits per heavy atom. The van der Waals surface area contributed by atoms with Gasteiger partial charge in [-0.3, -0.25) is 14.4 Å². The van der Waals surface area contributed by atoms with Crippen molar-refractivity contribution in [2.75, 3.05) is 0 Å². The standard InChI is InChI=1S/C17H13BrN2O2.C17H11BrN2O2/c2*18-9-5-6-10-12(7-9)16(20-17(10)22)15-11-3-1-2-4-13(11)19-14(15)8-21/h1-7,16,19,21H,8H2,(H,20,22);1-8,16,19H,(H,20,22). The van der Waals surface area contributed by atoms with E-state index >= 15 is 0 Å². The Morgan fingerprint density at radius 3 is 1.73 bits per heavy atom. The lowest BCUT2D eigenvalue weighted by Crippen LogP contribution is -2.20. The summed E-state index contributed by atoms with van der Waals surface area (Å²) >= 11 is 6.91. The van der Waals surface area contributed by atoms with Crippen molar-refractivity contribution in [2.45, 2.75) is 18.7 Å². The highest BCUT2D eigenvalue weighted by Gasteiger charge is 2.34. The Labute approximate surface area is 268 Å². The summed E-state index contributed by atoms with van der Waals surface area (Å²) in [5.41, 5.74) is 7.97. The van der Waals surface area contributed by atoms with Crippen molar-refractivity contribution in [1.29, 1.82) is 0 Å². The molecule has 2 aromatic heterocycles. The minimum absolute atomic E-state index is 0.0818. The number of aromatic nitrogens is 2. The van der Waals surface area contributed by atoms with Gasteiger partial charge in [0.2, 0.25) is 0 Å². The number of H-pyrrole nitrogens is 2. The van der Waals surface area contributed by atoms with Crippen molar-refractivity contribution in [2.24, 2.45) is 0 Å². The molecule has 0 saturated carbocycles. The molecule has 10 heteroatoms. The van der Waals surface area contributed by atoms with E-state index in [1.165, 1.54) is 0 Å². The number of hydrogen-bond donors (Lipinski definition) is 5. The molecule has 2 atom stereocenters. The number of carbonyl (C=O) groups is 3. The zero-order valence-electron chi connectivity index (χ0n) is 22.9. The first kappa shape index (κ1) is 28.3. The third-order valence-electron chi connectivity index (χ3n) is 8.15. The number of nitrogens with one attached hydrogen (secondary N) is 4. The molecule has 5 N–H and O–H groups in total. The van der Waals surface area contributed by atoms with E-state index in [1.54, 1.807) is 6.07 Å². The summed E-state index contributed by atoms with van der Waals surface area (Å²) in [7, 11) is 0. The number of amides is 2. The van der Waals surface area contributed by atoms with Crippen molar-refractivity contribution in [3.05, 3.63) is 139 Å². The van der Waals surface area contributed by atoms with Crippen LogP contribution in [-0.4, -0.2) is 33.2 Å². The van der Waals surface area contributed by atoms with Gasteiger partial charge in [-0.25, -0.2) is 0 Å². The maximum atomic E-state index is 12.2. The second-order valence-corrected chi connectivity index (χ2v) is 12.4. The normalized spacial score (nSPS) is 16.7. The van der Waals surface area contributed by atoms with Gasteiger partial charge < -0.3 is 25.7 Å². The molecule has 2 amide bonds. The fourth-order valence-electron chi connectivity index (χ4n) is 6.25. The summed E-state index contributed by atoms with van der Waals surface area (Å²) in [4.78, 5) is 42.2. The van der Waals surface area contributed by atoms with Gasteiger partial charge in [0.15, 0.2) is 6.29 Å². The van der Waals surface area contributed by atoms with Gasteiger partial charge in [0, 0.05) is 58.7 Å². The molecule has 0 radical (unpaired) electrons. The van der Waals surface area contributed by atoms with Crippen LogP contribution < -0.4 is 10.6 Å². The topological polar surface area (TPSA) is 127 Å². The summed E-state index contributed by atoms with van der Waals surface area (Å²) < 4.78 is 1.83. The van der Waals surface area contributed by atoms with Crippen molar-refractivity contribution < 1.29 is 19.5 Å². The average Bonchev–Trinajstić information content (AvgIpc) is 3.77. The van der Waals surface area contributed by atoms with Gasteiger partial charge in [0.05, 0.1) is 24.4 Å². The molecule has 0 fully saturated rings. The third-order valence-corrected chi connectivity index (χ3v) is 9.13. The van der Waals surface area contributed by atoms with E-state index in [-0.39, 0.29) is 30.5 Å². The zero-order chi connectivity index (χ0) is 30.5. The van der Waals surface area contributed by atoms with E-state index in [9.17, 15) is 19.5 Å². The van der Waals surface area contributed by atoms with Crippen molar-refractivity contribution in [3.63, 3.8) is 0 Å².